The molecule has 1 aliphatic rings. The normalized spacial score (nSPS) is 24.4. The zero-order valence-electron chi connectivity index (χ0n) is 11.5. The summed E-state index contributed by atoms with van der Waals surface area (Å²) in [6.45, 7) is 5.36. The van der Waals surface area contributed by atoms with E-state index >= 15 is 0 Å². The molecule has 0 aromatic carbocycles. The van der Waals surface area contributed by atoms with Crippen molar-refractivity contribution in [1.82, 2.24) is 10.6 Å². The lowest BCUT2D eigenvalue weighted by molar-refractivity contribution is -0.131. The number of nitrogens with one attached hydrogen (secondary N) is 2. The van der Waals surface area contributed by atoms with Gasteiger partial charge in [0, 0.05) is 5.41 Å². The summed E-state index contributed by atoms with van der Waals surface area (Å²) in [4.78, 5) is 23.2. The molecule has 104 valence electrons. The van der Waals surface area contributed by atoms with Crippen LogP contribution in [0.3, 0.4) is 0 Å². The molecule has 0 aromatic heterocycles. The quantitative estimate of drug-likeness (QED) is 0.690. The Morgan fingerprint density at radius 3 is 2.39 bits per heavy atom. The van der Waals surface area contributed by atoms with Gasteiger partial charge in [0.25, 0.3) is 0 Å². The summed E-state index contributed by atoms with van der Waals surface area (Å²) in [6, 6.07) is -0.169. The second-order valence-electron chi connectivity index (χ2n) is 5.96. The summed E-state index contributed by atoms with van der Waals surface area (Å²) in [6.07, 6.45) is 3.12. The Morgan fingerprint density at radius 1 is 1.22 bits per heavy atom. The highest BCUT2D eigenvalue weighted by Gasteiger charge is 2.25. The molecule has 3 N–H and O–H groups in total. The lowest BCUT2D eigenvalue weighted by Crippen LogP contribution is -2.49. The minimum atomic E-state index is -0.495. The lowest BCUT2D eigenvalue weighted by atomic mass is 9.92. The number of hydrogen-bond acceptors (Lipinski definition) is 3. The second-order valence-corrected chi connectivity index (χ2v) is 5.96. The molecule has 2 atom stereocenters. The fraction of sp³-hybridized carbons (Fsp3) is 0.846. The molecule has 0 bridgehead atoms. The molecule has 0 heterocycles. The van der Waals surface area contributed by atoms with Crippen LogP contribution in [0.15, 0.2) is 0 Å². The van der Waals surface area contributed by atoms with Gasteiger partial charge in [-0.1, -0.05) is 33.6 Å². The van der Waals surface area contributed by atoms with Gasteiger partial charge >= 0.3 is 0 Å². The van der Waals surface area contributed by atoms with Gasteiger partial charge in [-0.25, -0.2) is 0 Å². The van der Waals surface area contributed by atoms with E-state index in [4.69, 9.17) is 0 Å². The number of hydrogen-bond donors (Lipinski definition) is 3. The van der Waals surface area contributed by atoms with Gasteiger partial charge in [-0.2, -0.15) is 0 Å². The number of amides is 2. The molecule has 0 radical (unpaired) electrons. The van der Waals surface area contributed by atoms with E-state index in [0.717, 1.165) is 25.7 Å². The predicted molar refractivity (Wildman–Crippen MR) is 68.9 cm³/mol. The average molecular weight is 256 g/mol. The maximum absolute atomic E-state index is 11.7. The van der Waals surface area contributed by atoms with Gasteiger partial charge in [-0.3, -0.25) is 9.59 Å². The van der Waals surface area contributed by atoms with Crippen molar-refractivity contribution in [3.63, 3.8) is 0 Å². The molecular formula is C13H24N2O3. The van der Waals surface area contributed by atoms with Crippen molar-refractivity contribution in [3.8, 4) is 0 Å². The molecule has 1 rings (SSSR count). The summed E-state index contributed by atoms with van der Waals surface area (Å²) in [5, 5.41) is 15.1. The Hall–Kier alpha value is -1.10. The van der Waals surface area contributed by atoms with Crippen LogP contribution >= 0.6 is 0 Å². The van der Waals surface area contributed by atoms with E-state index in [2.05, 4.69) is 10.6 Å². The van der Waals surface area contributed by atoms with Crippen molar-refractivity contribution < 1.29 is 14.7 Å². The number of aliphatic hydroxyl groups excluding tert-OH is 1. The van der Waals surface area contributed by atoms with E-state index in [1.165, 1.54) is 0 Å². The van der Waals surface area contributed by atoms with Crippen LogP contribution in [-0.2, 0) is 9.59 Å². The number of carbonyl (C=O) groups is 2. The molecule has 0 aliphatic heterocycles. The minimum Gasteiger partial charge on any atom is -0.391 e. The third kappa shape index (κ3) is 4.64. The van der Waals surface area contributed by atoms with E-state index in [1.54, 1.807) is 20.8 Å². The minimum absolute atomic E-state index is 0.0284. The van der Waals surface area contributed by atoms with Gasteiger partial charge in [-0.05, 0) is 12.8 Å². The van der Waals surface area contributed by atoms with Gasteiger partial charge in [0.05, 0.1) is 18.7 Å². The first-order chi connectivity index (χ1) is 8.30. The van der Waals surface area contributed by atoms with Gasteiger partial charge in [0.2, 0.25) is 11.8 Å². The van der Waals surface area contributed by atoms with E-state index in [9.17, 15) is 14.7 Å². The van der Waals surface area contributed by atoms with Gasteiger partial charge in [0.1, 0.15) is 0 Å². The first kappa shape index (κ1) is 15.0. The fourth-order valence-corrected chi connectivity index (χ4v) is 1.96. The first-order valence-corrected chi connectivity index (χ1v) is 6.56. The fourth-order valence-electron chi connectivity index (χ4n) is 1.96. The van der Waals surface area contributed by atoms with Crippen molar-refractivity contribution >= 4 is 11.8 Å². The van der Waals surface area contributed by atoms with Crippen molar-refractivity contribution in [2.75, 3.05) is 6.54 Å². The number of rotatable bonds is 3. The van der Waals surface area contributed by atoms with Crippen molar-refractivity contribution in [2.45, 2.75) is 58.6 Å². The summed E-state index contributed by atoms with van der Waals surface area (Å²) in [7, 11) is 0. The topological polar surface area (TPSA) is 78.4 Å². The van der Waals surface area contributed by atoms with Crippen LogP contribution in [0.5, 0.6) is 0 Å². The molecular weight excluding hydrogens is 232 g/mol. The zero-order chi connectivity index (χ0) is 13.8. The monoisotopic (exact) mass is 256 g/mol. The van der Waals surface area contributed by atoms with E-state index in [1.807, 2.05) is 0 Å². The molecule has 5 heteroatoms. The van der Waals surface area contributed by atoms with Crippen molar-refractivity contribution in [2.24, 2.45) is 5.41 Å². The van der Waals surface area contributed by atoms with Gasteiger partial charge in [0.15, 0.2) is 0 Å². The third-order valence-electron chi connectivity index (χ3n) is 3.17. The maximum atomic E-state index is 11.7. The van der Waals surface area contributed by atoms with Gasteiger partial charge < -0.3 is 15.7 Å². The summed E-state index contributed by atoms with van der Waals surface area (Å²) in [5.74, 6) is -0.389. The largest absolute Gasteiger partial charge is 0.391 e. The van der Waals surface area contributed by atoms with Crippen LogP contribution < -0.4 is 10.6 Å². The molecule has 0 saturated heterocycles. The van der Waals surface area contributed by atoms with Crippen LogP contribution in [0.1, 0.15) is 46.5 Å². The van der Waals surface area contributed by atoms with Crippen LogP contribution in [0, 0.1) is 5.41 Å². The average Bonchev–Trinajstić information content (AvgIpc) is 2.27. The predicted octanol–water partition coefficient (Wildman–Crippen LogP) is 0.568. The Bertz CT molecular complexity index is 310. The molecule has 1 aliphatic carbocycles. The maximum Gasteiger partial charge on any atom is 0.239 e. The Kier molecular flexibility index (Phi) is 5.14. The lowest BCUT2D eigenvalue weighted by Gasteiger charge is -2.28. The van der Waals surface area contributed by atoms with E-state index in [-0.39, 0.29) is 24.4 Å². The molecule has 1 fully saturated rings. The second kappa shape index (κ2) is 6.18. The highest BCUT2D eigenvalue weighted by atomic mass is 16.3. The van der Waals surface area contributed by atoms with E-state index in [0.29, 0.717) is 0 Å². The first-order valence-electron chi connectivity index (χ1n) is 6.56. The number of carbonyl (C=O) groups excluding carboxylic acids is 2. The Labute approximate surface area is 108 Å². The molecule has 0 aromatic rings. The molecule has 2 amide bonds. The van der Waals surface area contributed by atoms with Crippen LogP contribution in [0.25, 0.3) is 0 Å². The van der Waals surface area contributed by atoms with Gasteiger partial charge in [-0.15, -0.1) is 0 Å². The third-order valence-corrected chi connectivity index (χ3v) is 3.17. The number of aliphatic hydroxyl groups is 1. The van der Waals surface area contributed by atoms with Crippen LogP contribution in [-0.4, -0.2) is 35.6 Å². The molecule has 1 saturated carbocycles. The summed E-state index contributed by atoms with van der Waals surface area (Å²) >= 11 is 0. The molecule has 0 spiro atoms. The standard InChI is InChI=1S/C13H24N2O3/c1-13(2,3)12(18)14-8-11(17)15-9-6-4-5-7-10(9)16/h9-10,16H,4-8H2,1-3H3,(H,14,18)(H,15,17). The Balaban J connectivity index is 2.31. The molecule has 2 unspecified atom stereocenters. The van der Waals surface area contributed by atoms with E-state index < -0.39 is 11.5 Å². The summed E-state index contributed by atoms with van der Waals surface area (Å²) in [5.41, 5.74) is -0.495. The molecule has 18 heavy (non-hydrogen) atoms. The molecule has 5 nitrogen and oxygen atoms in total. The van der Waals surface area contributed by atoms with Crippen molar-refractivity contribution in [3.05, 3.63) is 0 Å². The highest BCUT2D eigenvalue weighted by Crippen LogP contribution is 2.18. The van der Waals surface area contributed by atoms with Crippen molar-refractivity contribution in [1.29, 1.82) is 0 Å². The Morgan fingerprint density at radius 2 is 1.83 bits per heavy atom. The SMILES string of the molecule is CC(C)(C)C(=O)NCC(=O)NC1CCCCC1O. The highest BCUT2D eigenvalue weighted by molar-refractivity contribution is 5.87. The van der Waals surface area contributed by atoms with Crippen LogP contribution in [0.4, 0.5) is 0 Å². The van der Waals surface area contributed by atoms with Crippen LogP contribution in [0.2, 0.25) is 0 Å². The smallest absolute Gasteiger partial charge is 0.239 e. The zero-order valence-corrected chi connectivity index (χ0v) is 11.5. The summed E-state index contributed by atoms with van der Waals surface area (Å²) < 4.78 is 0.